The average molecular weight is 522 g/mol. The number of alkyl halides is 3. The first-order chi connectivity index (χ1) is 14.0. The van der Waals surface area contributed by atoms with Crippen molar-refractivity contribution in [2.75, 3.05) is 7.11 Å². The number of carbonyl (C=O) groups excluding carboxylic acids is 1. The summed E-state index contributed by atoms with van der Waals surface area (Å²) < 4.78 is 45.4. The molecule has 1 aromatic carbocycles. The van der Waals surface area contributed by atoms with Gasteiger partial charge in [0, 0.05) is 10.8 Å². The Hall–Kier alpha value is -2.05. The molecule has 2 aromatic heterocycles. The molecule has 0 saturated carbocycles. The van der Waals surface area contributed by atoms with Gasteiger partial charge in [0.05, 0.1) is 22.6 Å². The maximum atomic E-state index is 12.9. The van der Waals surface area contributed by atoms with E-state index in [-0.39, 0.29) is 20.5 Å². The van der Waals surface area contributed by atoms with Crippen molar-refractivity contribution < 1.29 is 22.7 Å². The molecule has 0 fully saturated rings. The number of H-pyrrole nitrogens is 1. The fourth-order valence-electron chi connectivity index (χ4n) is 2.52. The van der Waals surface area contributed by atoms with E-state index in [2.05, 4.69) is 26.0 Å². The van der Waals surface area contributed by atoms with Gasteiger partial charge in [-0.05, 0) is 28.1 Å². The van der Waals surface area contributed by atoms with Crippen LogP contribution in [0, 0.1) is 0 Å². The SMILES string of the molecule is COC(=O)c1c(Br)c(=O)[nH]n1-c1nc(-c2ccc(C(F)(F)F)cc2)c(SC(C)C)s1. The molecule has 0 atom stereocenters. The molecule has 3 rings (SSSR count). The molecule has 0 bridgehead atoms. The lowest BCUT2D eigenvalue weighted by Crippen LogP contribution is -2.10. The molecule has 0 saturated heterocycles. The summed E-state index contributed by atoms with van der Waals surface area (Å²) in [6.07, 6.45) is -4.44. The Morgan fingerprint density at radius 3 is 2.47 bits per heavy atom. The molecule has 0 radical (unpaired) electrons. The van der Waals surface area contributed by atoms with Crippen molar-refractivity contribution in [2.45, 2.75) is 29.5 Å². The number of hydrogen-bond donors (Lipinski definition) is 1. The van der Waals surface area contributed by atoms with E-state index in [0.29, 0.717) is 11.3 Å². The van der Waals surface area contributed by atoms with Crippen LogP contribution in [0.5, 0.6) is 0 Å². The first kappa shape index (κ1) is 22.6. The molecular weight excluding hydrogens is 507 g/mol. The molecule has 3 aromatic rings. The Bertz CT molecular complexity index is 1130. The number of thioether (sulfide) groups is 1. The molecular formula is C18H15BrF3N3O3S2. The Morgan fingerprint density at radius 1 is 1.30 bits per heavy atom. The van der Waals surface area contributed by atoms with Crippen LogP contribution in [0.1, 0.15) is 29.9 Å². The molecule has 0 spiro atoms. The number of aromatic nitrogens is 3. The number of hydrogen-bond acceptors (Lipinski definition) is 6. The molecule has 30 heavy (non-hydrogen) atoms. The van der Waals surface area contributed by atoms with Crippen LogP contribution in [0.3, 0.4) is 0 Å². The predicted octanol–water partition coefficient (Wildman–Crippen LogP) is 5.36. The minimum Gasteiger partial charge on any atom is -0.464 e. The monoisotopic (exact) mass is 521 g/mol. The van der Waals surface area contributed by atoms with Gasteiger partial charge >= 0.3 is 12.1 Å². The van der Waals surface area contributed by atoms with Crippen LogP contribution in [0.25, 0.3) is 16.4 Å². The summed E-state index contributed by atoms with van der Waals surface area (Å²) in [6.45, 7) is 3.93. The second-order valence-electron chi connectivity index (χ2n) is 6.30. The highest BCUT2D eigenvalue weighted by molar-refractivity contribution is 9.10. The first-order valence-electron chi connectivity index (χ1n) is 8.47. The van der Waals surface area contributed by atoms with E-state index < -0.39 is 23.3 Å². The van der Waals surface area contributed by atoms with Crippen LogP contribution in [-0.4, -0.2) is 33.1 Å². The molecule has 6 nitrogen and oxygen atoms in total. The van der Waals surface area contributed by atoms with Gasteiger partial charge in [0.1, 0.15) is 4.47 Å². The number of esters is 1. The number of nitrogens with zero attached hydrogens (tertiary/aromatic N) is 2. The highest BCUT2D eigenvalue weighted by Gasteiger charge is 2.30. The molecule has 0 amide bonds. The predicted molar refractivity (Wildman–Crippen MR) is 113 cm³/mol. The van der Waals surface area contributed by atoms with Gasteiger partial charge in [0.2, 0.25) is 5.13 Å². The number of thiazole rings is 1. The van der Waals surface area contributed by atoms with Crippen LogP contribution in [0.4, 0.5) is 13.2 Å². The third kappa shape index (κ3) is 4.49. The molecule has 0 aliphatic carbocycles. The van der Waals surface area contributed by atoms with Gasteiger partial charge in [-0.25, -0.2) is 14.5 Å². The lowest BCUT2D eigenvalue weighted by Gasteiger charge is -2.08. The van der Waals surface area contributed by atoms with E-state index in [1.165, 1.54) is 47.0 Å². The Labute approximate surface area is 185 Å². The van der Waals surface area contributed by atoms with Crippen molar-refractivity contribution >= 4 is 45.0 Å². The van der Waals surface area contributed by atoms with Crippen molar-refractivity contribution in [3.63, 3.8) is 0 Å². The molecule has 12 heteroatoms. The normalized spacial score (nSPS) is 11.9. The number of nitrogens with one attached hydrogen (secondary N) is 1. The maximum absolute atomic E-state index is 12.9. The van der Waals surface area contributed by atoms with Crippen LogP contribution < -0.4 is 5.56 Å². The molecule has 0 unspecified atom stereocenters. The summed E-state index contributed by atoms with van der Waals surface area (Å²) in [7, 11) is 1.19. The lowest BCUT2D eigenvalue weighted by atomic mass is 10.1. The van der Waals surface area contributed by atoms with E-state index in [4.69, 9.17) is 4.74 Å². The van der Waals surface area contributed by atoms with Crippen molar-refractivity contribution in [1.29, 1.82) is 0 Å². The van der Waals surface area contributed by atoms with E-state index in [0.717, 1.165) is 16.3 Å². The minimum absolute atomic E-state index is 0.00121. The van der Waals surface area contributed by atoms with Gasteiger partial charge in [-0.1, -0.05) is 37.3 Å². The smallest absolute Gasteiger partial charge is 0.416 e. The van der Waals surface area contributed by atoms with Gasteiger partial charge in [-0.15, -0.1) is 11.8 Å². The molecule has 0 aliphatic rings. The van der Waals surface area contributed by atoms with Gasteiger partial charge in [0.25, 0.3) is 5.56 Å². The maximum Gasteiger partial charge on any atom is 0.416 e. The van der Waals surface area contributed by atoms with Crippen LogP contribution >= 0.6 is 39.0 Å². The van der Waals surface area contributed by atoms with Crippen LogP contribution in [0.2, 0.25) is 0 Å². The van der Waals surface area contributed by atoms with Crippen LogP contribution in [-0.2, 0) is 10.9 Å². The van der Waals surface area contributed by atoms with E-state index in [1.807, 2.05) is 13.8 Å². The zero-order valence-corrected chi connectivity index (χ0v) is 19.1. The minimum atomic E-state index is -4.44. The Morgan fingerprint density at radius 2 is 1.93 bits per heavy atom. The Balaban J connectivity index is 2.15. The first-order valence-corrected chi connectivity index (χ1v) is 11.0. The third-order valence-electron chi connectivity index (χ3n) is 3.83. The number of halogens is 4. The van der Waals surface area contributed by atoms with Gasteiger partial charge in [-0.3, -0.25) is 9.89 Å². The van der Waals surface area contributed by atoms with Gasteiger partial charge < -0.3 is 4.74 Å². The zero-order chi connectivity index (χ0) is 22.2. The number of rotatable bonds is 5. The summed E-state index contributed by atoms with van der Waals surface area (Å²) >= 11 is 5.76. The van der Waals surface area contributed by atoms with Crippen molar-refractivity contribution in [3.8, 4) is 16.4 Å². The standard InChI is InChI=1S/C18H15BrF3N3O3S2/c1-8(2)29-16-12(9-4-6-10(7-5-9)18(20,21)22)23-17(30-16)25-13(15(27)28-3)11(19)14(26)24-25/h4-8H,1-3H3,(H,24,26). The van der Waals surface area contributed by atoms with Crippen LogP contribution in [0.15, 0.2) is 37.7 Å². The molecule has 160 valence electrons. The molecule has 2 heterocycles. The Kier molecular flexibility index (Phi) is 6.48. The van der Waals surface area contributed by atoms with Crippen molar-refractivity contribution in [2.24, 2.45) is 0 Å². The lowest BCUT2D eigenvalue weighted by molar-refractivity contribution is -0.137. The highest BCUT2D eigenvalue weighted by atomic mass is 79.9. The number of benzene rings is 1. The fourth-order valence-corrected chi connectivity index (χ4v) is 5.43. The number of methoxy groups -OCH3 is 1. The summed E-state index contributed by atoms with van der Waals surface area (Å²) in [6, 6.07) is 4.68. The molecule has 0 aliphatic heterocycles. The quantitative estimate of drug-likeness (QED) is 0.361. The summed E-state index contributed by atoms with van der Waals surface area (Å²) in [4.78, 5) is 28.7. The van der Waals surface area contributed by atoms with E-state index in [1.54, 1.807) is 0 Å². The second-order valence-corrected chi connectivity index (χ2v) is 9.92. The number of ether oxygens (including phenoxy) is 1. The largest absolute Gasteiger partial charge is 0.464 e. The summed E-state index contributed by atoms with van der Waals surface area (Å²) in [5.74, 6) is -0.746. The zero-order valence-electron chi connectivity index (χ0n) is 15.8. The highest BCUT2D eigenvalue weighted by Crippen LogP contribution is 2.40. The van der Waals surface area contributed by atoms with E-state index >= 15 is 0 Å². The topological polar surface area (TPSA) is 77.0 Å². The summed E-state index contributed by atoms with van der Waals surface area (Å²) in [5, 5.41) is 2.96. The second kappa shape index (κ2) is 8.60. The third-order valence-corrected chi connectivity index (χ3v) is 6.82. The van der Waals surface area contributed by atoms with Gasteiger partial charge in [0.15, 0.2) is 5.69 Å². The van der Waals surface area contributed by atoms with Crippen molar-refractivity contribution in [3.05, 3.63) is 50.3 Å². The number of carbonyl (C=O) groups is 1. The molecule has 1 N–H and O–H groups in total. The fraction of sp³-hybridized carbons (Fsp3) is 0.278. The summed E-state index contributed by atoms with van der Waals surface area (Å²) in [5.41, 5.74) is -0.409. The number of aromatic amines is 1. The van der Waals surface area contributed by atoms with Crippen molar-refractivity contribution in [1.82, 2.24) is 14.8 Å². The van der Waals surface area contributed by atoms with Gasteiger partial charge in [-0.2, -0.15) is 13.2 Å². The van der Waals surface area contributed by atoms with E-state index in [9.17, 15) is 22.8 Å². The average Bonchev–Trinajstić information content (AvgIpc) is 3.21.